The molecule has 1 N–H and O–H groups in total. The maximum Gasteiger partial charge on any atom is 0.255 e. The molecule has 3 aliphatic rings. The Hall–Kier alpha value is -3.46. The third-order valence-electron chi connectivity index (χ3n) is 9.72. The van der Waals surface area contributed by atoms with Crippen LogP contribution in [0, 0.1) is 5.92 Å². The highest BCUT2D eigenvalue weighted by molar-refractivity contribution is 6.04. The highest BCUT2D eigenvalue weighted by atomic mass is 16.5. The van der Waals surface area contributed by atoms with Crippen LogP contribution in [0.5, 0.6) is 23.0 Å². The van der Waals surface area contributed by atoms with Gasteiger partial charge in [-0.2, -0.15) is 0 Å². The van der Waals surface area contributed by atoms with E-state index in [9.17, 15) is 9.59 Å². The lowest BCUT2D eigenvalue weighted by Gasteiger charge is -2.50. The van der Waals surface area contributed by atoms with Crippen LogP contribution in [0.3, 0.4) is 0 Å². The monoisotopic (exact) mass is 593 g/mol. The number of rotatable bonds is 10. The molecule has 2 aromatic rings. The van der Waals surface area contributed by atoms with Gasteiger partial charge in [0.05, 0.1) is 28.4 Å². The SMILES string of the molecule is COc1cc(NC(=O)C2(N(C[C@H]3CCCN4CCCC[C@H]34)C(=O)c3cc(OC)cc(OC)c3)CCCCC2)cc(OC)c1. The van der Waals surface area contributed by atoms with Crippen LogP contribution in [0.15, 0.2) is 36.4 Å². The van der Waals surface area contributed by atoms with Gasteiger partial charge in [-0.3, -0.25) is 9.59 Å². The molecule has 2 heterocycles. The maximum atomic E-state index is 14.8. The number of benzene rings is 2. The Bertz CT molecular complexity index is 1230. The molecule has 0 aromatic heterocycles. The number of nitrogens with zero attached hydrogens (tertiary/aromatic N) is 2. The number of hydrogen-bond donors (Lipinski definition) is 1. The van der Waals surface area contributed by atoms with Gasteiger partial charge < -0.3 is 34.1 Å². The van der Waals surface area contributed by atoms with E-state index >= 15 is 0 Å². The fourth-order valence-electron chi connectivity index (χ4n) is 7.45. The third kappa shape index (κ3) is 6.71. The molecule has 0 unspecified atom stereocenters. The number of methoxy groups -OCH3 is 4. The second-order valence-electron chi connectivity index (χ2n) is 12.2. The van der Waals surface area contributed by atoms with Crippen molar-refractivity contribution >= 4 is 17.5 Å². The first-order valence-electron chi connectivity index (χ1n) is 15.7. The summed E-state index contributed by atoms with van der Waals surface area (Å²) in [5, 5.41) is 3.17. The van der Waals surface area contributed by atoms with E-state index in [0.717, 1.165) is 51.6 Å². The average Bonchev–Trinajstić information content (AvgIpc) is 3.06. The zero-order valence-corrected chi connectivity index (χ0v) is 26.2. The number of anilines is 1. The zero-order valence-electron chi connectivity index (χ0n) is 26.2. The van der Waals surface area contributed by atoms with Crippen molar-refractivity contribution in [3.63, 3.8) is 0 Å². The molecule has 0 spiro atoms. The lowest BCUT2D eigenvalue weighted by atomic mass is 9.76. The van der Waals surface area contributed by atoms with E-state index in [4.69, 9.17) is 18.9 Å². The van der Waals surface area contributed by atoms with Gasteiger partial charge in [0.2, 0.25) is 5.91 Å². The molecule has 2 amide bonds. The summed E-state index contributed by atoms with van der Waals surface area (Å²) < 4.78 is 22.0. The first-order valence-corrected chi connectivity index (χ1v) is 15.7. The van der Waals surface area contributed by atoms with Crippen LogP contribution in [0.25, 0.3) is 0 Å². The predicted octanol–water partition coefficient (Wildman–Crippen LogP) is 5.77. The van der Waals surface area contributed by atoms with Crippen molar-refractivity contribution < 1.29 is 28.5 Å². The van der Waals surface area contributed by atoms with Crippen molar-refractivity contribution in [1.82, 2.24) is 9.80 Å². The summed E-state index contributed by atoms with van der Waals surface area (Å²) in [6.07, 6.45) is 9.74. The highest BCUT2D eigenvalue weighted by Gasteiger charge is 2.49. The Kier molecular flexibility index (Phi) is 10.0. The third-order valence-corrected chi connectivity index (χ3v) is 9.72. The van der Waals surface area contributed by atoms with Crippen LogP contribution in [0.1, 0.15) is 74.6 Å². The molecule has 1 saturated carbocycles. The predicted molar refractivity (Wildman–Crippen MR) is 167 cm³/mol. The lowest BCUT2D eigenvalue weighted by molar-refractivity contribution is -0.129. The van der Waals surface area contributed by atoms with Crippen molar-refractivity contribution in [2.45, 2.75) is 75.8 Å². The Morgan fingerprint density at radius 2 is 1.35 bits per heavy atom. The van der Waals surface area contributed by atoms with E-state index < -0.39 is 5.54 Å². The number of ether oxygens (including phenoxy) is 4. The number of piperidine rings is 2. The largest absolute Gasteiger partial charge is 0.497 e. The second kappa shape index (κ2) is 13.9. The molecule has 1 aliphatic carbocycles. The van der Waals surface area contributed by atoms with Crippen LogP contribution in [0.4, 0.5) is 5.69 Å². The minimum absolute atomic E-state index is 0.162. The van der Waals surface area contributed by atoms with Gasteiger partial charge in [-0.05, 0) is 69.7 Å². The molecular formula is C34H47N3O6. The number of nitrogens with one attached hydrogen (secondary N) is 1. The lowest BCUT2D eigenvalue weighted by Crippen LogP contribution is -2.62. The highest BCUT2D eigenvalue weighted by Crippen LogP contribution is 2.40. The zero-order chi connectivity index (χ0) is 30.4. The molecule has 43 heavy (non-hydrogen) atoms. The van der Waals surface area contributed by atoms with Gasteiger partial charge in [-0.1, -0.05) is 25.7 Å². The number of carbonyl (C=O) groups excluding carboxylic acids is 2. The molecule has 2 saturated heterocycles. The van der Waals surface area contributed by atoms with E-state index in [2.05, 4.69) is 10.2 Å². The number of fused-ring (bicyclic) bond motifs is 1. The van der Waals surface area contributed by atoms with Crippen LogP contribution in [0.2, 0.25) is 0 Å². The standard InChI is InChI=1S/C34H47N3O6/c1-40-27-17-25(18-28(21-27)41-2)32(38)37(23-24-11-10-16-36-15-9-6-12-31(24)36)34(13-7-5-8-14-34)33(39)35-26-19-29(42-3)22-30(20-26)43-4/h17-22,24,31H,5-16,23H2,1-4H3,(H,35,39)/t24-,31-/m1/s1. The Balaban J connectivity index is 1.56. The van der Waals surface area contributed by atoms with Crippen molar-refractivity contribution in [1.29, 1.82) is 0 Å². The molecule has 234 valence electrons. The summed E-state index contributed by atoms with van der Waals surface area (Å²) in [6.45, 7) is 2.77. The van der Waals surface area contributed by atoms with Gasteiger partial charge in [0.25, 0.3) is 5.91 Å². The Labute approximate surface area is 255 Å². The molecule has 0 radical (unpaired) electrons. The van der Waals surface area contributed by atoms with E-state index in [1.807, 2.05) is 4.90 Å². The van der Waals surface area contributed by atoms with E-state index in [1.165, 1.54) is 12.8 Å². The summed E-state index contributed by atoms with van der Waals surface area (Å²) >= 11 is 0. The summed E-state index contributed by atoms with van der Waals surface area (Å²) in [5.41, 5.74) is 0.0462. The quantitative estimate of drug-likeness (QED) is 0.374. The van der Waals surface area contributed by atoms with Crippen LogP contribution >= 0.6 is 0 Å². The van der Waals surface area contributed by atoms with Crippen molar-refractivity contribution in [3.05, 3.63) is 42.0 Å². The van der Waals surface area contributed by atoms with Crippen LogP contribution in [-0.2, 0) is 4.79 Å². The van der Waals surface area contributed by atoms with Gasteiger partial charge in [-0.15, -0.1) is 0 Å². The van der Waals surface area contributed by atoms with E-state index in [0.29, 0.717) is 65.6 Å². The van der Waals surface area contributed by atoms with Crippen LogP contribution < -0.4 is 24.3 Å². The minimum atomic E-state index is -1.00. The topological polar surface area (TPSA) is 89.6 Å². The molecule has 0 bridgehead atoms. The minimum Gasteiger partial charge on any atom is -0.497 e. The van der Waals surface area contributed by atoms with Crippen molar-refractivity contribution in [2.24, 2.45) is 5.92 Å². The van der Waals surface area contributed by atoms with Gasteiger partial charge in [0.1, 0.15) is 28.5 Å². The Morgan fingerprint density at radius 1 is 0.767 bits per heavy atom. The number of carbonyl (C=O) groups is 2. The molecule has 9 heteroatoms. The maximum absolute atomic E-state index is 14.8. The molecule has 9 nitrogen and oxygen atoms in total. The van der Waals surface area contributed by atoms with Gasteiger partial charge >= 0.3 is 0 Å². The summed E-state index contributed by atoms with van der Waals surface area (Å²) in [7, 11) is 6.34. The Morgan fingerprint density at radius 3 is 1.95 bits per heavy atom. The first-order chi connectivity index (χ1) is 20.9. The van der Waals surface area contributed by atoms with E-state index in [-0.39, 0.29) is 11.8 Å². The molecule has 2 aromatic carbocycles. The van der Waals surface area contributed by atoms with Gasteiger partial charge in [0.15, 0.2) is 0 Å². The molecular weight excluding hydrogens is 546 g/mol. The van der Waals surface area contributed by atoms with Crippen LogP contribution in [-0.4, -0.2) is 81.3 Å². The smallest absolute Gasteiger partial charge is 0.255 e. The van der Waals surface area contributed by atoms with E-state index in [1.54, 1.807) is 64.8 Å². The average molecular weight is 594 g/mol. The van der Waals surface area contributed by atoms with Crippen molar-refractivity contribution in [2.75, 3.05) is 53.4 Å². The number of amides is 2. The summed E-state index contributed by atoms with van der Waals surface area (Å²) in [4.78, 5) is 33.9. The second-order valence-corrected chi connectivity index (χ2v) is 12.2. The van der Waals surface area contributed by atoms with Crippen molar-refractivity contribution in [3.8, 4) is 23.0 Å². The fourth-order valence-corrected chi connectivity index (χ4v) is 7.45. The fraction of sp³-hybridized carbons (Fsp3) is 0.588. The molecule has 3 fully saturated rings. The molecule has 2 aliphatic heterocycles. The van der Waals surface area contributed by atoms with Gasteiger partial charge in [-0.25, -0.2) is 0 Å². The molecule has 5 rings (SSSR count). The number of hydrogen-bond acceptors (Lipinski definition) is 7. The first kappa shape index (κ1) is 31.0. The molecule has 2 atom stereocenters. The summed E-state index contributed by atoms with van der Waals surface area (Å²) in [6, 6.07) is 11.1. The normalized spacial score (nSPS) is 21.7. The van der Waals surface area contributed by atoms with Gasteiger partial charge in [0, 0.05) is 48.1 Å². The summed E-state index contributed by atoms with van der Waals surface area (Å²) in [5.74, 6) is 2.24.